The number of carbonyl (C=O) groups excluding carboxylic acids is 3. The first-order valence-electron chi connectivity index (χ1n) is 5.40. The van der Waals surface area contributed by atoms with Gasteiger partial charge in [0.1, 0.15) is 12.4 Å². The molecule has 2 rings (SSSR count). The van der Waals surface area contributed by atoms with Gasteiger partial charge in [-0.25, -0.2) is 9.69 Å². The highest BCUT2D eigenvalue weighted by molar-refractivity contribution is 5.98. The second-order valence-electron chi connectivity index (χ2n) is 3.91. The molecule has 0 radical (unpaired) electrons. The van der Waals surface area contributed by atoms with Crippen molar-refractivity contribution in [1.82, 2.24) is 4.90 Å². The van der Waals surface area contributed by atoms with E-state index in [1.54, 1.807) is 0 Å². The Bertz CT molecular complexity index is 401. The number of hydrogen-bond acceptors (Lipinski definition) is 5. The van der Waals surface area contributed by atoms with E-state index < -0.39 is 12.0 Å². The van der Waals surface area contributed by atoms with Crippen LogP contribution in [-0.4, -0.2) is 42.9 Å². The third-order valence-electron chi connectivity index (χ3n) is 2.89. The lowest BCUT2D eigenvalue weighted by Crippen LogP contribution is -2.39. The summed E-state index contributed by atoms with van der Waals surface area (Å²) >= 11 is 0. The summed E-state index contributed by atoms with van der Waals surface area (Å²) < 4.78 is 9.74. The van der Waals surface area contributed by atoms with Gasteiger partial charge in [-0.05, 0) is 6.42 Å². The van der Waals surface area contributed by atoms with Crippen LogP contribution >= 0.6 is 0 Å². The van der Waals surface area contributed by atoms with E-state index in [1.807, 2.05) is 0 Å². The fraction of sp³-hybridized carbons (Fsp3) is 0.545. The minimum Gasteiger partial charge on any atom is -0.500 e. The van der Waals surface area contributed by atoms with Gasteiger partial charge in [-0.1, -0.05) is 0 Å². The summed E-state index contributed by atoms with van der Waals surface area (Å²) in [5, 5.41) is 0. The van der Waals surface area contributed by atoms with Crippen LogP contribution in [0.1, 0.15) is 12.8 Å². The summed E-state index contributed by atoms with van der Waals surface area (Å²) in [5.74, 6) is -0.641. The molecular weight excluding hydrogens is 226 g/mol. The second-order valence-corrected chi connectivity index (χ2v) is 3.91. The molecule has 0 saturated carbocycles. The lowest BCUT2D eigenvalue weighted by atomic mass is 9.92. The number of cyclic esters (lactones) is 1. The third kappa shape index (κ3) is 2.15. The van der Waals surface area contributed by atoms with Crippen molar-refractivity contribution in [2.24, 2.45) is 5.92 Å². The van der Waals surface area contributed by atoms with Crippen LogP contribution in [0.2, 0.25) is 0 Å². The molecule has 1 atom stereocenters. The molecule has 1 heterocycles. The van der Waals surface area contributed by atoms with E-state index in [1.165, 1.54) is 13.2 Å². The molecule has 0 aromatic rings. The zero-order valence-corrected chi connectivity index (χ0v) is 9.47. The molecule has 0 unspecified atom stereocenters. The zero-order valence-electron chi connectivity index (χ0n) is 9.47. The number of nitrogens with zero attached hydrogens (tertiary/aromatic N) is 1. The molecule has 92 valence electrons. The van der Waals surface area contributed by atoms with Crippen molar-refractivity contribution >= 4 is 17.8 Å². The number of rotatable bonds is 2. The van der Waals surface area contributed by atoms with Crippen LogP contribution in [0.25, 0.3) is 0 Å². The Morgan fingerprint density at radius 2 is 2.29 bits per heavy atom. The van der Waals surface area contributed by atoms with E-state index >= 15 is 0 Å². The Balaban J connectivity index is 2.16. The molecule has 2 aliphatic rings. The molecule has 1 aliphatic carbocycles. The van der Waals surface area contributed by atoms with Crippen molar-refractivity contribution < 1.29 is 23.9 Å². The molecule has 0 spiro atoms. The predicted octanol–water partition coefficient (Wildman–Crippen LogP) is 0.475. The molecule has 0 bridgehead atoms. The highest BCUT2D eigenvalue weighted by Gasteiger charge is 2.37. The monoisotopic (exact) mass is 239 g/mol. The van der Waals surface area contributed by atoms with Crippen molar-refractivity contribution in [3.05, 3.63) is 11.8 Å². The highest BCUT2D eigenvalue weighted by atomic mass is 16.6. The average molecular weight is 239 g/mol. The van der Waals surface area contributed by atoms with E-state index in [0.717, 1.165) is 4.90 Å². The lowest BCUT2D eigenvalue weighted by Gasteiger charge is -2.24. The molecule has 0 N–H and O–H groups in total. The van der Waals surface area contributed by atoms with Gasteiger partial charge in [0.15, 0.2) is 5.78 Å². The van der Waals surface area contributed by atoms with Crippen LogP contribution in [0.15, 0.2) is 11.8 Å². The van der Waals surface area contributed by atoms with E-state index in [-0.39, 0.29) is 24.8 Å². The molecule has 6 heteroatoms. The van der Waals surface area contributed by atoms with E-state index in [4.69, 9.17) is 9.47 Å². The van der Waals surface area contributed by atoms with Gasteiger partial charge < -0.3 is 9.47 Å². The summed E-state index contributed by atoms with van der Waals surface area (Å²) in [6, 6.07) is 0. The van der Waals surface area contributed by atoms with Crippen LogP contribution in [-0.2, 0) is 19.1 Å². The fourth-order valence-corrected chi connectivity index (χ4v) is 1.99. The summed E-state index contributed by atoms with van der Waals surface area (Å²) in [7, 11) is 1.41. The Morgan fingerprint density at radius 3 is 2.88 bits per heavy atom. The van der Waals surface area contributed by atoms with Crippen molar-refractivity contribution in [2.45, 2.75) is 12.8 Å². The molecule has 6 nitrogen and oxygen atoms in total. The topological polar surface area (TPSA) is 72.9 Å². The number of carbonyl (C=O) groups is 3. The lowest BCUT2D eigenvalue weighted by molar-refractivity contribution is -0.132. The molecule has 1 aliphatic heterocycles. The van der Waals surface area contributed by atoms with Crippen molar-refractivity contribution in [1.29, 1.82) is 0 Å². The first kappa shape index (κ1) is 11.6. The first-order valence-corrected chi connectivity index (χ1v) is 5.40. The molecule has 0 aromatic carbocycles. The number of allylic oxidation sites excluding steroid dienone is 1. The Morgan fingerprint density at radius 1 is 1.53 bits per heavy atom. The third-order valence-corrected chi connectivity index (χ3v) is 2.89. The van der Waals surface area contributed by atoms with Gasteiger partial charge in [-0.2, -0.15) is 0 Å². The number of imide groups is 1. The molecule has 2 amide bonds. The van der Waals surface area contributed by atoms with Gasteiger partial charge in [-0.3, -0.25) is 9.59 Å². The largest absolute Gasteiger partial charge is 0.500 e. The van der Waals surface area contributed by atoms with Crippen LogP contribution in [0.5, 0.6) is 0 Å². The van der Waals surface area contributed by atoms with Gasteiger partial charge in [0.25, 0.3) is 0 Å². The van der Waals surface area contributed by atoms with Crippen LogP contribution < -0.4 is 0 Å². The van der Waals surface area contributed by atoms with Crippen molar-refractivity contribution in [3.63, 3.8) is 0 Å². The van der Waals surface area contributed by atoms with Gasteiger partial charge in [0, 0.05) is 12.5 Å². The standard InChI is InChI=1S/C11H13NO5/c1-16-9-6-7(13)2-3-8(9)10(14)12-4-5-17-11(12)15/h6,8H,2-5H2,1H3/t8-/m0/s1. The molecule has 1 saturated heterocycles. The predicted molar refractivity (Wildman–Crippen MR) is 55.9 cm³/mol. The van der Waals surface area contributed by atoms with Gasteiger partial charge in [-0.15, -0.1) is 0 Å². The zero-order chi connectivity index (χ0) is 12.4. The number of methoxy groups -OCH3 is 1. The molecule has 17 heavy (non-hydrogen) atoms. The molecule has 1 fully saturated rings. The summed E-state index contributed by atoms with van der Waals surface area (Å²) in [6.45, 7) is 0.487. The quantitative estimate of drug-likeness (QED) is 0.700. The smallest absolute Gasteiger partial charge is 0.416 e. The van der Waals surface area contributed by atoms with Crippen LogP contribution in [0, 0.1) is 5.92 Å². The molecule has 0 aromatic heterocycles. The number of hydrogen-bond donors (Lipinski definition) is 0. The molecular formula is C11H13NO5. The van der Waals surface area contributed by atoms with Crippen LogP contribution in [0.3, 0.4) is 0 Å². The minimum absolute atomic E-state index is 0.0603. The van der Waals surface area contributed by atoms with Crippen molar-refractivity contribution in [3.8, 4) is 0 Å². The number of ketones is 1. The average Bonchev–Trinajstić information content (AvgIpc) is 2.74. The maximum atomic E-state index is 12.1. The van der Waals surface area contributed by atoms with Gasteiger partial charge in [0.05, 0.1) is 19.6 Å². The first-order chi connectivity index (χ1) is 8.13. The summed E-state index contributed by atoms with van der Waals surface area (Å²) in [4.78, 5) is 35.6. The Kier molecular flexibility index (Phi) is 3.12. The van der Waals surface area contributed by atoms with E-state index in [9.17, 15) is 14.4 Å². The van der Waals surface area contributed by atoms with Crippen LogP contribution in [0.4, 0.5) is 4.79 Å². The van der Waals surface area contributed by atoms with Gasteiger partial charge >= 0.3 is 6.09 Å². The second kappa shape index (κ2) is 4.57. The minimum atomic E-state index is -0.623. The highest BCUT2D eigenvalue weighted by Crippen LogP contribution is 2.26. The number of ether oxygens (including phenoxy) is 2. The Hall–Kier alpha value is -1.85. The summed E-state index contributed by atoms with van der Waals surface area (Å²) in [5.41, 5.74) is 0. The maximum Gasteiger partial charge on any atom is 0.416 e. The van der Waals surface area contributed by atoms with Crippen molar-refractivity contribution in [2.75, 3.05) is 20.3 Å². The summed E-state index contributed by atoms with van der Waals surface area (Å²) in [6.07, 6.45) is 1.38. The van der Waals surface area contributed by atoms with Gasteiger partial charge in [0.2, 0.25) is 5.91 Å². The maximum absolute atomic E-state index is 12.1. The number of amides is 2. The normalized spacial score (nSPS) is 24.4. The Labute approximate surface area is 98.2 Å². The fourth-order valence-electron chi connectivity index (χ4n) is 1.99. The van der Waals surface area contributed by atoms with E-state index in [2.05, 4.69) is 0 Å². The SMILES string of the molecule is COC1=CC(=O)CC[C@@H]1C(=O)N1CCOC1=O. The van der Waals surface area contributed by atoms with E-state index in [0.29, 0.717) is 18.6 Å².